The second-order valence-electron chi connectivity index (χ2n) is 7.07. The Hall–Kier alpha value is -0.790. The molecule has 0 saturated heterocycles. The van der Waals surface area contributed by atoms with Crippen molar-refractivity contribution in [3.63, 3.8) is 0 Å². The molecule has 0 bridgehead atoms. The molecule has 0 radical (unpaired) electrons. The highest BCUT2D eigenvalue weighted by molar-refractivity contribution is 5.20. The van der Waals surface area contributed by atoms with E-state index in [0.29, 0.717) is 6.04 Å². The van der Waals surface area contributed by atoms with Crippen LogP contribution >= 0.6 is 0 Å². The van der Waals surface area contributed by atoms with Gasteiger partial charge in [0.1, 0.15) is 6.04 Å². The van der Waals surface area contributed by atoms with Crippen LogP contribution in [-0.2, 0) is 0 Å². The molecular weight excluding hydrogens is 302 g/mol. The number of unbranched alkanes of at least 4 members (excludes halogenated alkanes) is 7. The largest absolute Gasteiger partial charge is 1.00 e. The van der Waals surface area contributed by atoms with Gasteiger partial charge >= 0.3 is 0 Å². The van der Waals surface area contributed by atoms with Crippen molar-refractivity contribution in [3.8, 4) is 0 Å². The summed E-state index contributed by atoms with van der Waals surface area (Å²) in [4.78, 5) is 0. The van der Waals surface area contributed by atoms with Gasteiger partial charge in [-0.25, -0.2) is 0 Å². The number of rotatable bonds is 12. The number of likely N-dealkylation sites (N-methyl/N-ethyl adjacent to an activating group) is 1. The van der Waals surface area contributed by atoms with E-state index in [4.69, 9.17) is 0 Å². The van der Waals surface area contributed by atoms with Gasteiger partial charge in [-0.15, -0.1) is 0 Å². The average molecular weight is 338 g/mol. The lowest BCUT2D eigenvalue weighted by molar-refractivity contribution is -0.914. The van der Waals surface area contributed by atoms with E-state index in [9.17, 15) is 0 Å². The molecule has 1 unspecified atom stereocenters. The minimum atomic E-state index is 0. The maximum atomic E-state index is 4.07. The average Bonchev–Trinajstić information content (AvgIpc) is 2.51. The summed E-state index contributed by atoms with van der Waals surface area (Å²) < 4.78 is 1.00. The number of halogens is 1. The molecule has 0 spiro atoms. The molecule has 1 atom stereocenters. The van der Waals surface area contributed by atoms with E-state index in [0.717, 1.165) is 4.48 Å². The predicted octanol–water partition coefficient (Wildman–Crippen LogP) is 3.13. The van der Waals surface area contributed by atoms with Gasteiger partial charge in [0.05, 0.1) is 20.6 Å². The third-order valence-corrected chi connectivity index (χ3v) is 4.71. The Morgan fingerprint density at radius 3 is 1.96 bits per heavy atom. The summed E-state index contributed by atoms with van der Waals surface area (Å²) in [6, 6.07) is 11.2. The van der Waals surface area contributed by atoms with Crippen molar-refractivity contribution in [2.75, 3.05) is 20.6 Å². The fourth-order valence-corrected chi connectivity index (χ4v) is 3.27. The molecule has 0 fully saturated rings. The molecule has 1 aromatic rings. The molecule has 0 aliphatic carbocycles. The molecule has 1 rings (SSSR count). The lowest BCUT2D eigenvalue weighted by Gasteiger charge is -2.37. The fraction of sp³-hybridized carbons (Fsp3) is 0.619. The van der Waals surface area contributed by atoms with Gasteiger partial charge < -0.3 is 16.9 Å². The van der Waals surface area contributed by atoms with Crippen molar-refractivity contribution in [2.24, 2.45) is 0 Å². The first-order valence-electron chi connectivity index (χ1n) is 9.12. The molecule has 2 heteroatoms. The molecule has 1 aromatic carbocycles. The molecule has 0 amide bonds. The first kappa shape index (κ1) is 22.2. The SMILES string of the molecule is C=CC(c1ccccc1)[N+](C)(C)CCCCCCCCCC.[Cl-]. The van der Waals surface area contributed by atoms with Crippen LogP contribution in [-0.4, -0.2) is 25.1 Å². The Morgan fingerprint density at radius 1 is 0.913 bits per heavy atom. The Labute approximate surface area is 150 Å². The van der Waals surface area contributed by atoms with Crippen LogP contribution < -0.4 is 12.4 Å². The molecule has 0 aliphatic rings. The van der Waals surface area contributed by atoms with Crippen molar-refractivity contribution in [1.29, 1.82) is 0 Å². The molecule has 0 heterocycles. The lowest BCUT2D eigenvalue weighted by Crippen LogP contribution is -3.00. The van der Waals surface area contributed by atoms with Crippen LogP contribution in [0.1, 0.15) is 69.9 Å². The van der Waals surface area contributed by atoms with E-state index in [-0.39, 0.29) is 12.4 Å². The fourth-order valence-electron chi connectivity index (χ4n) is 3.27. The maximum absolute atomic E-state index is 4.07. The second-order valence-corrected chi connectivity index (χ2v) is 7.07. The highest BCUT2D eigenvalue weighted by atomic mass is 35.5. The third-order valence-electron chi connectivity index (χ3n) is 4.71. The van der Waals surface area contributed by atoms with Gasteiger partial charge in [0.2, 0.25) is 0 Å². The van der Waals surface area contributed by atoms with Gasteiger partial charge in [-0.05, 0) is 18.9 Å². The summed E-state index contributed by atoms with van der Waals surface area (Å²) in [5.74, 6) is 0. The Balaban J connectivity index is 0.00000484. The molecule has 0 aliphatic heterocycles. The number of hydrogen-bond donors (Lipinski definition) is 0. The maximum Gasteiger partial charge on any atom is 0.133 e. The smallest absolute Gasteiger partial charge is 0.133 e. The summed E-state index contributed by atoms with van der Waals surface area (Å²) in [5.41, 5.74) is 1.38. The van der Waals surface area contributed by atoms with E-state index in [1.54, 1.807) is 0 Å². The first-order chi connectivity index (χ1) is 10.6. The Bertz CT molecular complexity index is 400. The minimum absolute atomic E-state index is 0. The Kier molecular flexibility index (Phi) is 12.2. The highest BCUT2D eigenvalue weighted by Gasteiger charge is 2.26. The molecule has 0 saturated carbocycles. The van der Waals surface area contributed by atoms with Crippen LogP contribution in [0.25, 0.3) is 0 Å². The van der Waals surface area contributed by atoms with Gasteiger partial charge in [0.25, 0.3) is 0 Å². The molecule has 1 nitrogen and oxygen atoms in total. The molecule has 23 heavy (non-hydrogen) atoms. The normalized spacial score (nSPS) is 12.5. The van der Waals surface area contributed by atoms with Crippen molar-refractivity contribution in [3.05, 3.63) is 48.6 Å². The van der Waals surface area contributed by atoms with Crippen molar-refractivity contribution in [1.82, 2.24) is 0 Å². The molecule has 0 N–H and O–H groups in total. The summed E-state index contributed by atoms with van der Waals surface area (Å²) in [6.07, 6.45) is 13.2. The zero-order valence-electron chi connectivity index (χ0n) is 15.4. The van der Waals surface area contributed by atoms with Crippen LogP contribution in [0, 0.1) is 0 Å². The van der Waals surface area contributed by atoms with Gasteiger partial charge in [-0.2, -0.15) is 0 Å². The van der Waals surface area contributed by atoms with Crippen molar-refractivity contribution >= 4 is 0 Å². The predicted molar refractivity (Wildman–Crippen MR) is 99.0 cm³/mol. The topological polar surface area (TPSA) is 0 Å². The number of nitrogens with zero attached hydrogens (tertiary/aromatic N) is 1. The van der Waals surface area contributed by atoms with Gasteiger partial charge in [-0.1, -0.05) is 82.4 Å². The summed E-state index contributed by atoms with van der Waals surface area (Å²) >= 11 is 0. The summed E-state index contributed by atoms with van der Waals surface area (Å²) in [5, 5.41) is 0. The summed E-state index contributed by atoms with van der Waals surface area (Å²) in [6.45, 7) is 7.58. The molecular formula is C21H36ClN. The highest BCUT2D eigenvalue weighted by Crippen LogP contribution is 2.26. The number of benzene rings is 1. The monoisotopic (exact) mass is 337 g/mol. The number of hydrogen-bond acceptors (Lipinski definition) is 0. The van der Waals surface area contributed by atoms with Gasteiger partial charge in [0, 0.05) is 5.56 Å². The zero-order chi connectivity index (χ0) is 16.3. The van der Waals surface area contributed by atoms with Gasteiger partial charge in [0.15, 0.2) is 0 Å². The lowest BCUT2D eigenvalue weighted by atomic mass is 10.0. The first-order valence-corrected chi connectivity index (χ1v) is 9.12. The minimum Gasteiger partial charge on any atom is -1.00 e. The van der Waals surface area contributed by atoms with Crippen molar-refractivity contribution < 1.29 is 16.9 Å². The van der Waals surface area contributed by atoms with Crippen LogP contribution in [0.4, 0.5) is 0 Å². The zero-order valence-corrected chi connectivity index (χ0v) is 16.2. The van der Waals surface area contributed by atoms with E-state index in [1.807, 2.05) is 0 Å². The van der Waals surface area contributed by atoms with Crippen LogP contribution in [0.15, 0.2) is 43.0 Å². The summed E-state index contributed by atoms with van der Waals surface area (Å²) in [7, 11) is 4.67. The van der Waals surface area contributed by atoms with Crippen LogP contribution in [0.2, 0.25) is 0 Å². The van der Waals surface area contributed by atoms with E-state index in [1.165, 1.54) is 63.5 Å². The van der Waals surface area contributed by atoms with Crippen LogP contribution in [0.5, 0.6) is 0 Å². The molecule has 132 valence electrons. The number of quaternary nitrogens is 1. The van der Waals surface area contributed by atoms with Crippen molar-refractivity contribution in [2.45, 2.75) is 64.3 Å². The third kappa shape index (κ3) is 8.58. The second kappa shape index (κ2) is 12.6. The Morgan fingerprint density at radius 2 is 1.43 bits per heavy atom. The van der Waals surface area contributed by atoms with Crippen LogP contribution in [0.3, 0.4) is 0 Å². The quantitative estimate of drug-likeness (QED) is 0.312. The van der Waals surface area contributed by atoms with E-state index in [2.05, 4.69) is 64.0 Å². The van der Waals surface area contributed by atoms with E-state index >= 15 is 0 Å². The van der Waals surface area contributed by atoms with Gasteiger partial charge in [-0.3, -0.25) is 0 Å². The van der Waals surface area contributed by atoms with E-state index < -0.39 is 0 Å². The standard InChI is InChI=1S/C21H36N.ClH/c1-5-7-8-9-10-11-12-16-19-22(3,4)21(6-2)20-17-14-13-15-18-20;/h6,13-15,17-18,21H,2,5,7-12,16,19H2,1,3-4H3;1H/q+1;/p-1. The molecule has 0 aromatic heterocycles.